The molecule has 1 aromatic carbocycles. The van der Waals surface area contributed by atoms with Crippen LogP contribution in [-0.4, -0.2) is 56.2 Å². The summed E-state index contributed by atoms with van der Waals surface area (Å²) in [6, 6.07) is 8.75. The lowest BCUT2D eigenvalue weighted by Crippen LogP contribution is -2.40. The number of piperidine rings is 1. The third-order valence-electron chi connectivity index (χ3n) is 5.38. The van der Waals surface area contributed by atoms with E-state index in [1.54, 1.807) is 0 Å². The van der Waals surface area contributed by atoms with E-state index in [0.717, 1.165) is 50.8 Å². The second-order valence-corrected chi connectivity index (χ2v) is 7.01. The van der Waals surface area contributed by atoms with Crippen LogP contribution in [0, 0.1) is 0 Å². The van der Waals surface area contributed by atoms with Gasteiger partial charge in [0, 0.05) is 32.1 Å². The van der Waals surface area contributed by atoms with Gasteiger partial charge in [-0.15, -0.1) is 0 Å². The van der Waals surface area contributed by atoms with Crippen molar-refractivity contribution >= 4 is 17.3 Å². The molecule has 0 spiro atoms. The largest absolute Gasteiger partial charge is 0.378 e. The number of benzene rings is 1. The van der Waals surface area contributed by atoms with Crippen LogP contribution in [0.15, 0.2) is 24.3 Å². The molecule has 25 heavy (non-hydrogen) atoms. The molecule has 0 radical (unpaired) electrons. The summed E-state index contributed by atoms with van der Waals surface area (Å²) in [6.07, 6.45) is 5.61. The molecule has 2 saturated heterocycles. The van der Waals surface area contributed by atoms with E-state index < -0.39 is 0 Å². The van der Waals surface area contributed by atoms with E-state index in [1.807, 2.05) is 18.2 Å². The highest BCUT2D eigenvalue weighted by Crippen LogP contribution is 2.26. The van der Waals surface area contributed by atoms with Crippen LogP contribution in [-0.2, 0) is 9.53 Å². The number of hydrogen-bond donors (Lipinski definition) is 1. The lowest BCUT2D eigenvalue weighted by molar-refractivity contribution is -0.116. The van der Waals surface area contributed by atoms with Crippen molar-refractivity contribution in [2.75, 3.05) is 49.6 Å². The van der Waals surface area contributed by atoms with Gasteiger partial charge in [0.05, 0.1) is 24.6 Å². The van der Waals surface area contributed by atoms with Crippen molar-refractivity contribution in [2.45, 2.75) is 45.1 Å². The molecular formula is C20H31N3O2. The van der Waals surface area contributed by atoms with Crippen LogP contribution < -0.4 is 10.2 Å². The lowest BCUT2D eigenvalue weighted by atomic mass is 10.00. The summed E-state index contributed by atoms with van der Waals surface area (Å²) in [6.45, 7) is 7.49. The number of rotatable bonds is 6. The molecule has 3 rings (SSSR count). The Morgan fingerprint density at radius 1 is 1.20 bits per heavy atom. The predicted octanol–water partition coefficient (Wildman–Crippen LogP) is 3.12. The van der Waals surface area contributed by atoms with Crippen molar-refractivity contribution in [3.8, 4) is 0 Å². The lowest BCUT2D eigenvalue weighted by Gasteiger charge is -2.35. The molecule has 1 unspecified atom stereocenters. The summed E-state index contributed by atoms with van der Waals surface area (Å²) in [4.78, 5) is 17.3. The number of hydrogen-bond acceptors (Lipinski definition) is 4. The highest BCUT2D eigenvalue weighted by molar-refractivity contribution is 5.94. The van der Waals surface area contributed by atoms with E-state index in [4.69, 9.17) is 4.74 Å². The van der Waals surface area contributed by atoms with Crippen molar-refractivity contribution in [1.29, 1.82) is 0 Å². The zero-order valence-electron chi connectivity index (χ0n) is 15.4. The van der Waals surface area contributed by atoms with Gasteiger partial charge in [-0.05, 0) is 37.9 Å². The molecule has 0 saturated carbocycles. The maximum absolute atomic E-state index is 12.5. The van der Waals surface area contributed by atoms with Gasteiger partial charge >= 0.3 is 0 Å². The van der Waals surface area contributed by atoms with Crippen LogP contribution in [0.3, 0.4) is 0 Å². The van der Waals surface area contributed by atoms with Crippen LogP contribution in [0.4, 0.5) is 11.4 Å². The maximum Gasteiger partial charge on any atom is 0.225 e. The summed E-state index contributed by atoms with van der Waals surface area (Å²) in [7, 11) is 0. The Labute approximate surface area is 151 Å². The van der Waals surface area contributed by atoms with E-state index in [0.29, 0.717) is 12.5 Å². The van der Waals surface area contributed by atoms with Crippen LogP contribution in [0.2, 0.25) is 0 Å². The van der Waals surface area contributed by atoms with Crippen LogP contribution in [0.25, 0.3) is 0 Å². The number of para-hydroxylation sites is 2. The Hall–Kier alpha value is -1.59. The van der Waals surface area contributed by atoms with Gasteiger partial charge in [-0.3, -0.25) is 9.69 Å². The van der Waals surface area contributed by atoms with E-state index in [-0.39, 0.29) is 5.91 Å². The van der Waals surface area contributed by atoms with E-state index in [9.17, 15) is 4.79 Å². The molecule has 1 atom stereocenters. The monoisotopic (exact) mass is 345 g/mol. The molecule has 2 heterocycles. The number of carbonyl (C=O) groups is 1. The van der Waals surface area contributed by atoms with Gasteiger partial charge in [0.25, 0.3) is 0 Å². The van der Waals surface area contributed by atoms with E-state index >= 15 is 0 Å². The molecule has 0 aliphatic carbocycles. The molecule has 5 heteroatoms. The van der Waals surface area contributed by atoms with Gasteiger partial charge in [-0.1, -0.05) is 25.5 Å². The number of nitrogens with one attached hydrogen (secondary N) is 1. The number of likely N-dealkylation sites (tertiary alicyclic amines) is 1. The van der Waals surface area contributed by atoms with Gasteiger partial charge in [0.2, 0.25) is 5.91 Å². The first kappa shape index (κ1) is 18.2. The summed E-state index contributed by atoms with van der Waals surface area (Å²) >= 11 is 0. The third kappa shape index (κ3) is 4.95. The highest BCUT2D eigenvalue weighted by atomic mass is 16.5. The second-order valence-electron chi connectivity index (χ2n) is 7.01. The molecular weight excluding hydrogens is 314 g/mol. The minimum absolute atomic E-state index is 0.112. The number of anilines is 2. The summed E-state index contributed by atoms with van der Waals surface area (Å²) in [5.74, 6) is 0.112. The van der Waals surface area contributed by atoms with E-state index in [1.165, 1.54) is 25.7 Å². The third-order valence-corrected chi connectivity index (χ3v) is 5.38. The Morgan fingerprint density at radius 2 is 2.00 bits per heavy atom. The number of amides is 1. The molecule has 2 aliphatic rings. The van der Waals surface area contributed by atoms with Crippen molar-refractivity contribution in [3.05, 3.63) is 24.3 Å². The molecule has 138 valence electrons. The maximum atomic E-state index is 12.5. The first-order chi connectivity index (χ1) is 12.3. The average molecular weight is 345 g/mol. The number of morpholine rings is 1. The second kappa shape index (κ2) is 9.20. The normalized spacial score (nSPS) is 22.0. The average Bonchev–Trinajstić information content (AvgIpc) is 2.67. The van der Waals surface area contributed by atoms with Gasteiger partial charge < -0.3 is 15.0 Å². The van der Waals surface area contributed by atoms with Crippen molar-refractivity contribution in [2.24, 2.45) is 0 Å². The topological polar surface area (TPSA) is 44.8 Å². The minimum atomic E-state index is 0.112. The molecule has 1 amide bonds. The predicted molar refractivity (Wildman–Crippen MR) is 102 cm³/mol. The van der Waals surface area contributed by atoms with Crippen molar-refractivity contribution in [3.63, 3.8) is 0 Å². The fourth-order valence-electron chi connectivity index (χ4n) is 3.93. The van der Waals surface area contributed by atoms with E-state index in [2.05, 4.69) is 28.1 Å². The quantitative estimate of drug-likeness (QED) is 0.860. The number of ether oxygens (including phenoxy) is 1. The molecule has 1 N–H and O–H groups in total. The van der Waals surface area contributed by atoms with Crippen LogP contribution in [0.5, 0.6) is 0 Å². The molecule has 0 aromatic heterocycles. The van der Waals surface area contributed by atoms with Crippen LogP contribution in [0.1, 0.15) is 39.0 Å². The molecule has 1 aromatic rings. The first-order valence-electron chi connectivity index (χ1n) is 9.73. The molecule has 5 nitrogen and oxygen atoms in total. The zero-order chi connectivity index (χ0) is 17.5. The zero-order valence-corrected chi connectivity index (χ0v) is 15.4. The molecule has 2 aliphatic heterocycles. The van der Waals surface area contributed by atoms with Gasteiger partial charge in [0.1, 0.15) is 0 Å². The highest BCUT2D eigenvalue weighted by Gasteiger charge is 2.21. The summed E-state index contributed by atoms with van der Waals surface area (Å²) < 4.78 is 5.43. The fraction of sp³-hybridized carbons (Fsp3) is 0.650. The Balaban J connectivity index is 1.55. The Bertz CT molecular complexity index is 558. The SMILES string of the molecule is CCC1CCCCN1CCC(=O)Nc1ccccc1N1CCOCC1. The van der Waals surface area contributed by atoms with Crippen LogP contribution >= 0.6 is 0 Å². The van der Waals surface area contributed by atoms with Gasteiger partial charge in [-0.2, -0.15) is 0 Å². The Kier molecular flexibility index (Phi) is 6.70. The minimum Gasteiger partial charge on any atom is -0.378 e. The van der Waals surface area contributed by atoms with Crippen molar-refractivity contribution < 1.29 is 9.53 Å². The molecule has 0 bridgehead atoms. The van der Waals surface area contributed by atoms with Crippen molar-refractivity contribution in [1.82, 2.24) is 4.90 Å². The number of carbonyl (C=O) groups excluding carboxylic acids is 1. The Morgan fingerprint density at radius 3 is 2.80 bits per heavy atom. The standard InChI is InChI=1S/C20H31N3O2/c1-2-17-7-5-6-11-22(17)12-10-20(24)21-18-8-3-4-9-19(18)23-13-15-25-16-14-23/h3-4,8-9,17H,2,5-7,10-16H2,1H3,(H,21,24). The smallest absolute Gasteiger partial charge is 0.225 e. The fourth-order valence-corrected chi connectivity index (χ4v) is 3.93. The van der Waals surface area contributed by atoms with Gasteiger partial charge in [-0.25, -0.2) is 0 Å². The summed E-state index contributed by atoms with van der Waals surface area (Å²) in [5, 5.41) is 3.13. The summed E-state index contributed by atoms with van der Waals surface area (Å²) in [5.41, 5.74) is 2.02. The van der Waals surface area contributed by atoms with Gasteiger partial charge in [0.15, 0.2) is 0 Å². The number of nitrogens with zero attached hydrogens (tertiary/aromatic N) is 2. The first-order valence-corrected chi connectivity index (χ1v) is 9.73. The molecule has 2 fully saturated rings.